The fourth-order valence-electron chi connectivity index (χ4n) is 4.38. The molecule has 0 aliphatic carbocycles. The summed E-state index contributed by atoms with van der Waals surface area (Å²) in [5.74, 6) is 0.0270. The third kappa shape index (κ3) is 5.14. The van der Waals surface area contributed by atoms with E-state index < -0.39 is 6.09 Å². The van der Waals surface area contributed by atoms with Crippen LogP contribution in [-0.4, -0.2) is 44.5 Å². The second-order valence-corrected chi connectivity index (χ2v) is 8.26. The minimum atomic E-state index is -1.02. The SMILES string of the molecule is CC(=O)N1c2ccc(-c3cnn(CCCNC(=O)O)c3)cc2[C@H](Nc2cccnc2)C[C@@H]1C. The second kappa shape index (κ2) is 9.72. The number of carboxylic acid groups (broad SMARTS) is 1. The molecule has 3 N–H and O–H groups in total. The van der Waals surface area contributed by atoms with Crippen LogP contribution in [0.1, 0.15) is 38.3 Å². The van der Waals surface area contributed by atoms with Crippen LogP contribution in [-0.2, 0) is 11.3 Å². The Balaban J connectivity index is 1.60. The molecule has 0 saturated heterocycles. The zero-order valence-corrected chi connectivity index (χ0v) is 18.7. The van der Waals surface area contributed by atoms with Gasteiger partial charge in [-0.3, -0.25) is 14.5 Å². The Morgan fingerprint density at radius 1 is 1.21 bits per heavy atom. The summed E-state index contributed by atoms with van der Waals surface area (Å²) >= 11 is 0. The van der Waals surface area contributed by atoms with Gasteiger partial charge in [0, 0.05) is 55.9 Å². The summed E-state index contributed by atoms with van der Waals surface area (Å²) < 4.78 is 1.81. The minimum absolute atomic E-state index is 0.0270. The van der Waals surface area contributed by atoms with Crippen LogP contribution in [0, 0.1) is 0 Å². The van der Waals surface area contributed by atoms with Crippen molar-refractivity contribution >= 4 is 23.4 Å². The number of aromatic nitrogens is 3. The number of aryl methyl sites for hydroxylation is 1. The predicted molar refractivity (Wildman–Crippen MR) is 126 cm³/mol. The molecule has 172 valence electrons. The van der Waals surface area contributed by atoms with Crippen LogP contribution in [0.3, 0.4) is 0 Å². The van der Waals surface area contributed by atoms with Crippen molar-refractivity contribution in [1.82, 2.24) is 20.1 Å². The average Bonchev–Trinajstić information content (AvgIpc) is 3.26. The zero-order valence-electron chi connectivity index (χ0n) is 18.7. The minimum Gasteiger partial charge on any atom is -0.465 e. The Morgan fingerprint density at radius 2 is 2.06 bits per heavy atom. The number of nitrogens with zero attached hydrogens (tertiary/aromatic N) is 4. The fourth-order valence-corrected chi connectivity index (χ4v) is 4.38. The van der Waals surface area contributed by atoms with Gasteiger partial charge >= 0.3 is 6.09 Å². The lowest BCUT2D eigenvalue weighted by Gasteiger charge is -2.39. The molecule has 0 spiro atoms. The Morgan fingerprint density at radius 3 is 2.79 bits per heavy atom. The van der Waals surface area contributed by atoms with E-state index in [4.69, 9.17) is 5.11 Å². The smallest absolute Gasteiger partial charge is 0.404 e. The Labute approximate surface area is 192 Å². The van der Waals surface area contributed by atoms with Gasteiger partial charge in [-0.25, -0.2) is 4.79 Å². The van der Waals surface area contributed by atoms with Crippen LogP contribution in [0.5, 0.6) is 0 Å². The first-order valence-electron chi connectivity index (χ1n) is 11.0. The van der Waals surface area contributed by atoms with E-state index >= 15 is 0 Å². The predicted octanol–water partition coefficient (Wildman–Crippen LogP) is 3.90. The summed E-state index contributed by atoms with van der Waals surface area (Å²) in [6.07, 6.45) is 7.72. The van der Waals surface area contributed by atoms with Crippen molar-refractivity contribution in [2.24, 2.45) is 0 Å². The number of carbonyl (C=O) groups excluding carboxylic acids is 1. The molecule has 1 aliphatic rings. The molecule has 1 aliphatic heterocycles. The molecular weight excluding hydrogens is 420 g/mol. The summed E-state index contributed by atoms with van der Waals surface area (Å²) in [7, 11) is 0. The van der Waals surface area contributed by atoms with Crippen LogP contribution in [0.4, 0.5) is 16.2 Å². The summed E-state index contributed by atoms with van der Waals surface area (Å²) in [4.78, 5) is 29.0. The third-order valence-corrected chi connectivity index (χ3v) is 5.83. The van der Waals surface area contributed by atoms with E-state index in [9.17, 15) is 9.59 Å². The Kier molecular flexibility index (Phi) is 6.58. The lowest BCUT2D eigenvalue weighted by molar-refractivity contribution is -0.117. The third-order valence-electron chi connectivity index (χ3n) is 5.83. The number of hydrogen-bond acceptors (Lipinski definition) is 5. The number of carbonyl (C=O) groups is 2. The number of nitrogens with one attached hydrogen (secondary N) is 2. The number of anilines is 2. The van der Waals surface area contributed by atoms with Crippen molar-refractivity contribution in [2.45, 2.75) is 45.3 Å². The molecule has 3 aromatic rings. The molecule has 0 unspecified atom stereocenters. The first-order chi connectivity index (χ1) is 15.9. The van der Waals surface area contributed by atoms with Gasteiger partial charge in [0.15, 0.2) is 0 Å². The Hall–Kier alpha value is -3.88. The van der Waals surface area contributed by atoms with E-state index in [0.717, 1.165) is 34.5 Å². The molecule has 9 nitrogen and oxygen atoms in total. The van der Waals surface area contributed by atoms with Gasteiger partial charge < -0.3 is 20.6 Å². The van der Waals surface area contributed by atoms with Gasteiger partial charge in [-0.15, -0.1) is 0 Å². The molecule has 0 fully saturated rings. The highest BCUT2D eigenvalue weighted by Crippen LogP contribution is 2.41. The molecule has 33 heavy (non-hydrogen) atoms. The maximum atomic E-state index is 12.4. The largest absolute Gasteiger partial charge is 0.465 e. The Bertz CT molecular complexity index is 1130. The highest BCUT2D eigenvalue weighted by molar-refractivity contribution is 5.94. The lowest BCUT2D eigenvalue weighted by Crippen LogP contribution is -2.43. The number of hydrogen-bond donors (Lipinski definition) is 3. The van der Waals surface area contributed by atoms with E-state index in [1.165, 1.54) is 0 Å². The molecule has 4 rings (SSSR count). The van der Waals surface area contributed by atoms with E-state index in [1.54, 1.807) is 19.3 Å². The standard InChI is InChI=1S/C24H28N6O3/c1-16-11-22(28-20-5-3-8-25-14-20)21-12-18(6-7-23(21)30(16)17(2)31)19-13-27-29(15-19)10-4-9-26-24(32)33/h3,5-8,12-16,22,26,28H,4,9-11H2,1-2H3,(H,32,33)/t16-,22+/m0/s1. The van der Waals surface area contributed by atoms with Gasteiger partial charge in [0.1, 0.15) is 0 Å². The fraction of sp³-hybridized carbons (Fsp3) is 0.333. The maximum absolute atomic E-state index is 12.4. The number of amides is 2. The van der Waals surface area contributed by atoms with Crippen LogP contribution >= 0.6 is 0 Å². The maximum Gasteiger partial charge on any atom is 0.404 e. The van der Waals surface area contributed by atoms with Crippen molar-refractivity contribution in [3.63, 3.8) is 0 Å². The molecule has 0 radical (unpaired) electrons. The van der Waals surface area contributed by atoms with Crippen molar-refractivity contribution in [1.29, 1.82) is 0 Å². The number of rotatable bonds is 7. The number of pyridine rings is 1. The van der Waals surface area contributed by atoms with Crippen LogP contribution in [0.2, 0.25) is 0 Å². The van der Waals surface area contributed by atoms with Crippen molar-refractivity contribution in [2.75, 3.05) is 16.8 Å². The molecule has 0 saturated carbocycles. The number of benzene rings is 1. The molecular formula is C24H28N6O3. The van der Waals surface area contributed by atoms with E-state index in [0.29, 0.717) is 19.5 Å². The van der Waals surface area contributed by atoms with Gasteiger partial charge in [-0.2, -0.15) is 5.10 Å². The summed E-state index contributed by atoms with van der Waals surface area (Å²) in [6.45, 7) is 4.67. The zero-order chi connectivity index (χ0) is 23.4. The summed E-state index contributed by atoms with van der Waals surface area (Å²) in [5.41, 5.74) is 4.89. The van der Waals surface area contributed by atoms with Gasteiger partial charge in [0.25, 0.3) is 0 Å². The van der Waals surface area contributed by atoms with Crippen molar-refractivity contribution in [3.8, 4) is 11.1 Å². The second-order valence-electron chi connectivity index (χ2n) is 8.26. The molecule has 2 atom stereocenters. The highest BCUT2D eigenvalue weighted by Gasteiger charge is 2.32. The summed E-state index contributed by atoms with van der Waals surface area (Å²) in [5, 5.41) is 19.0. The molecule has 3 heterocycles. The highest BCUT2D eigenvalue weighted by atomic mass is 16.4. The van der Waals surface area contributed by atoms with E-state index in [1.807, 2.05) is 46.2 Å². The molecule has 9 heteroatoms. The van der Waals surface area contributed by atoms with Crippen molar-refractivity contribution in [3.05, 3.63) is 60.7 Å². The molecule has 1 aromatic carbocycles. The average molecular weight is 449 g/mol. The first-order valence-corrected chi connectivity index (χ1v) is 11.0. The van der Waals surface area contributed by atoms with Gasteiger partial charge in [0.05, 0.1) is 17.9 Å². The van der Waals surface area contributed by atoms with Crippen LogP contribution in [0.15, 0.2) is 55.1 Å². The van der Waals surface area contributed by atoms with Crippen LogP contribution < -0.4 is 15.5 Å². The number of fused-ring (bicyclic) bond motifs is 1. The van der Waals surface area contributed by atoms with Gasteiger partial charge in [0.2, 0.25) is 5.91 Å². The molecule has 2 aromatic heterocycles. The van der Waals surface area contributed by atoms with Crippen LogP contribution in [0.25, 0.3) is 11.1 Å². The normalized spacial score (nSPS) is 17.3. The topological polar surface area (TPSA) is 112 Å². The molecule has 2 amide bonds. The van der Waals surface area contributed by atoms with E-state index in [2.05, 4.69) is 33.7 Å². The van der Waals surface area contributed by atoms with Gasteiger partial charge in [-0.1, -0.05) is 6.07 Å². The monoisotopic (exact) mass is 448 g/mol. The quantitative estimate of drug-likeness (QED) is 0.473. The molecule has 0 bridgehead atoms. The summed E-state index contributed by atoms with van der Waals surface area (Å²) in [6, 6.07) is 10.1. The first kappa shape index (κ1) is 22.3. The van der Waals surface area contributed by atoms with Crippen molar-refractivity contribution < 1.29 is 14.7 Å². The van der Waals surface area contributed by atoms with E-state index in [-0.39, 0.29) is 18.0 Å². The lowest BCUT2D eigenvalue weighted by atomic mass is 9.89. The van der Waals surface area contributed by atoms with Gasteiger partial charge in [-0.05, 0) is 55.2 Å².